The van der Waals surface area contributed by atoms with Gasteiger partial charge in [0.05, 0.1) is 11.9 Å². The lowest BCUT2D eigenvalue weighted by Gasteiger charge is -2.11. The van der Waals surface area contributed by atoms with E-state index in [1.165, 1.54) is 6.07 Å². The molecule has 2 aromatic rings. The molecule has 1 aromatic carbocycles. The third-order valence-electron chi connectivity index (χ3n) is 3.61. The predicted molar refractivity (Wildman–Crippen MR) is 103 cm³/mol. The summed E-state index contributed by atoms with van der Waals surface area (Å²) in [6.45, 7) is 2.01. The second-order valence-electron chi connectivity index (χ2n) is 5.91. The zero-order valence-corrected chi connectivity index (χ0v) is 16.5. The van der Waals surface area contributed by atoms with Crippen LogP contribution in [0.1, 0.15) is 43.0 Å². The van der Waals surface area contributed by atoms with Crippen LogP contribution in [0.15, 0.2) is 28.6 Å². The smallest absolute Gasteiger partial charge is 0.307 e. The Bertz CT molecular complexity index is 941. The molecule has 2 amide bonds. The molecular weight excluding hydrogens is 393 g/mol. The molecule has 0 atom stereocenters. The van der Waals surface area contributed by atoms with Gasteiger partial charge in [0.25, 0.3) is 0 Å². The standard InChI is InChI=1S/C17H20FN3O4S2/c1-3-4-5-6-14(22)12-9-11(18)7-8-13(12)20-16(23)21-17-19-10-15(26-17)27(2,24)25/h7-10H,3-6H2,1-2H3,(H2,19,20,21,23). The number of sulfone groups is 1. The summed E-state index contributed by atoms with van der Waals surface area (Å²) in [4.78, 5) is 28.3. The Morgan fingerprint density at radius 3 is 2.59 bits per heavy atom. The number of aromatic nitrogens is 1. The van der Waals surface area contributed by atoms with Gasteiger partial charge in [-0.3, -0.25) is 10.1 Å². The van der Waals surface area contributed by atoms with Crippen LogP contribution in [0.4, 0.5) is 20.0 Å². The monoisotopic (exact) mass is 413 g/mol. The topological polar surface area (TPSA) is 105 Å². The average Bonchev–Trinajstić information content (AvgIpc) is 3.05. The highest BCUT2D eigenvalue weighted by Gasteiger charge is 2.17. The highest BCUT2D eigenvalue weighted by atomic mass is 32.2. The second kappa shape index (κ2) is 9.05. The van der Waals surface area contributed by atoms with E-state index < -0.39 is 21.7 Å². The molecule has 27 heavy (non-hydrogen) atoms. The largest absolute Gasteiger partial charge is 0.325 e. The van der Waals surface area contributed by atoms with E-state index in [1.807, 2.05) is 6.92 Å². The number of unbranched alkanes of at least 4 members (excludes halogenated alkanes) is 2. The number of nitrogens with zero attached hydrogens (tertiary/aromatic N) is 1. The Hall–Kier alpha value is -2.33. The molecule has 0 unspecified atom stereocenters. The number of nitrogens with one attached hydrogen (secondary N) is 2. The molecule has 0 radical (unpaired) electrons. The van der Waals surface area contributed by atoms with Gasteiger partial charge in [-0.15, -0.1) is 0 Å². The summed E-state index contributed by atoms with van der Waals surface area (Å²) in [5.41, 5.74) is 0.271. The van der Waals surface area contributed by atoms with Crippen molar-refractivity contribution >= 4 is 43.8 Å². The normalized spacial score (nSPS) is 11.2. The van der Waals surface area contributed by atoms with Gasteiger partial charge in [0.1, 0.15) is 10.0 Å². The van der Waals surface area contributed by atoms with Gasteiger partial charge in [0.2, 0.25) is 0 Å². The molecule has 0 aliphatic carbocycles. The summed E-state index contributed by atoms with van der Waals surface area (Å²) >= 11 is 0.807. The average molecular weight is 413 g/mol. The molecule has 7 nitrogen and oxygen atoms in total. The zero-order valence-electron chi connectivity index (χ0n) is 14.9. The number of hydrogen-bond donors (Lipinski definition) is 2. The van der Waals surface area contributed by atoms with Crippen molar-refractivity contribution in [1.29, 1.82) is 0 Å². The molecule has 0 aliphatic rings. The molecule has 2 N–H and O–H groups in total. The predicted octanol–water partition coefficient (Wildman–Crippen LogP) is 4.09. The van der Waals surface area contributed by atoms with E-state index in [2.05, 4.69) is 15.6 Å². The number of amides is 2. The number of ketones is 1. The first kappa shape index (κ1) is 21.0. The lowest BCUT2D eigenvalue weighted by Crippen LogP contribution is -2.21. The third-order valence-corrected chi connectivity index (χ3v) is 6.31. The first-order chi connectivity index (χ1) is 12.7. The van der Waals surface area contributed by atoms with E-state index in [9.17, 15) is 22.4 Å². The van der Waals surface area contributed by atoms with Gasteiger partial charge >= 0.3 is 6.03 Å². The van der Waals surface area contributed by atoms with Crippen LogP contribution in [-0.2, 0) is 9.84 Å². The molecular formula is C17H20FN3O4S2. The van der Waals surface area contributed by atoms with Crippen molar-refractivity contribution in [1.82, 2.24) is 4.98 Å². The Morgan fingerprint density at radius 1 is 1.22 bits per heavy atom. The molecule has 2 rings (SSSR count). The van der Waals surface area contributed by atoms with Crippen molar-refractivity contribution in [3.05, 3.63) is 35.8 Å². The fourth-order valence-electron chi connectivity index (χ4n) is 2.27. The van der Waals surface area contributed by atoms with E-state index >= 15 is 0 Å². The highest BCUT2D eigenvalue weighted by Crippen LogP contribution is 2.24. The maximum absolute atomic E-state index is 13.5. The van der Waals surface area contributed by atoms with Crippen LogP contribution in [0, 0.1) is 5.82 Å². The van der Waals surface area contributed by atoms with Gasteiger partial charge in [0.15, 0.2) is 20.8 Å². The van der Waals surface area contributed by atoms with Crippen LogP contribution >= 0.6 is 11.3 Å². The maximum atomic E-state index is 13.5. The molecule has 0 aliphatic heterocycles. The third kappa shape index (κ3) is 6.10. The Kier molecular flexibility index (Phi) is 7.03. The Morgan fingerprint density at radius 2 is 1.96 bits per heavy atom. The number of carbonyl (C=O) groups is 2. The van der Waals surface area contributed by atoms with Crippen LogP contribution in [0.2, 0.25) is 0 Å². The summed E-state index contributed by atoms with van der Waals surface area (Å²) in [6, 6.07) is 2.84. The zero-order chi connectivity index (χ0) is 20.0. The highest BCUT2D eigenvalue weighted by molar-refractivity contribution is 7.92. The molecule has 0 saturated heterocycles. The summed E-state index contributed by atoms with van der Waals surface area (Å²) in [5, 5.41) is 4.98. The SMILES string of the molecule is CCCCCC(=O)c1cc(F)ccc1NC(=O)Nc1ncc(S(C)(=O)=O)s1. The van der Waals surface area contributed by atoms with Gasteiger partial charge in [-0.1, -0.05) is 31.1 Å². The number of anilines is 2. The van der Waals surface area contributed by atoms with Gasteiger partial charge < -0.3 is 5.32 Å². The maximum Gasteiger partial charge on any atom is 0.325 e. The number of thiazole rings is 1. The van der Waals surface area contributed by atoms with Crippen molar-refractivity contribution in [3.8, 4) is 0 Å². The Labute approximate surface area is 160 Å². The van der Waals surface area contributed by atoms with Gasteiger partial charge in [-0.2, -0.15) is 0 Å². The van der Waals surface area contributed by atoms with Crippen molar-refractivity contribution in [2.24, 2.45) is 0 Å². The molecule has 0 fully saturated rings. The number of hydrogen-bond acceptors (Lipinski definition) is 6. The van der Waals surface area contributed by atoms with Gasteiger partial charge in [-0.05, 0) is 24.6 Å². The van der Waals surface area contributed by atoms with Crippen LogP contribution in [0.3, 0.4) is 0 Å². The van der Waals surface area contributed by atoms with E-state index in [0.29, 0.717) is 6.42 Å². The van der Waals surface area contributed by atoms with E-state index in [-0.39, 0.29) is 32.8 Å². The number of benzene rings is 1. The minimum atomic E-state index is -3.41. The van der Waals surface area contributed by atoms with Crippen molar-refractivity contribution in [2.75, 3.05) is 16.9 Å². The molecule has 1 heterocycles. The summed E-state index contributed by atoms with van der Waals surface area (Å²) in [5.74, 6) is -0.829. The van der Waals surface area contributed by atoms with E-state index in [0.717, 1.165) is 48.8 Å². The lowest BCUT2D eigenvalue weighted by atomic mass is 10.0. The molecule has 10 heteroatoms. The minimum Gasteiger partial charge on any atom is -0.307 e. The van der Waals surface area contributed by atoms with Gasteiger partial charge in [-0.25, -0.2) is 22.6 Å². The number of halogens is 1. The minimum absolute atomic E-state index is 0.0198. The lowest BCUT2D eigenvalue weighted by molar-refractivity contribution is 0.0979. The van der Waals surface area contributed by atoms with E-state index in [1.54, 1.807) is 0 Å². The molecule has 1 aromatic heterocycles. The first-order valence-electron chi connectivity index (χ1n) is 8.27. The number of urea groups is 1. The Balaban J connectivity index is 2.10. The van der Waals surface area contributed by atoms with Crippen LogP contribution in [0.5, 0.6) is 0 Å². The molecule has 146 valence electrons. The summed E-state index contributed by atoms with van der Waals surface area (Å²) < 4.78 is 36.5. The quantitative estimate of drug-likeness (QED) is 0.501. The van der Waals surface area contributed by atoms with Crippen LogP contribution in [0.25, 0.3) is 0 Å². The number of rotatable bonds is 8. The van der Waals surface area contributed by atoms with Crippen molar-refractivity contribution in [3.63, 3.8) is 0 Å². The summed E-state index contributed by atoms with van der Waals surface area (Å²) in [7, 11) is -3.41. The summed E-state index contributed by atoms with van der Waals surface area (Å²) in [6.07, 6.45) is 4.97. The van der Waals surface area contributed by atoms with Crippen molar-refractivity contribution < 1.29 is 22.4 Å². The van der Waals surface area contributed by atoms with E-state index in [4.69, 9.17) is 0 Å². The van der Waals surface area contributed by atoms with Crippen LogP contribution < -0.4 is 10.6 Å². The molecule has 0 saturated carbocycles. The second-order valence-corrected chi connectivity index (χ2v) is 9.18. The van der Waals surface area contributed by atoms with Gasteiger partial charge in [0, 0.05) is 18.2 Å². The molecule has 0 spiro atoms. The fourth-order valence-corrected chi connectivity index (χ4v) is 3.90. The van der Waals surface area contributed by atoms with Crippen LogP contribution in [-0.4, -0.2) is 31.5 Å². The fraction of sp³-hybridized carbons (Fsp3) is 0.353. The first-order valence-corrected chi connectivity index (χ1v) is 11.0. The number of Topliss-reactive ketones (excluding diaryl/α,β-unsaturated/α-hetero) is 1. The molecule has 0 bridgehead atoms. The number of carbonyl (C=O) groups excluding carboxylic acids is 2. The van der Waals surface area contributed by atoms with Crippen molar-refractivity contribution in [2.45, 2.75) is 36.8 Å².